The number of hydrogen-bond donors (Lipinski definition) is 1. The van der Waals surface area contributed by atoms with Crippen molar-refractivity contribution in [2.75, 3.05) is 19.3 Å². The molecule has 0 aliphatic carbocycles. The Morgan fingerprint density at radius 2 is 2.06 bits per heavy atom. The maximum Gasteiger partial charge on any atom is 0.441 e. The molecular weight excluding hydrogens is 259 g/mol. The van der Waals surface area contributed by atoms with Crippen LogP contribution in [-0.4, -0.2) is 24.9 Å². The number of likely N-dealkylation sites (N-methyl/N-ethyl adjacent to an activating group) is 1. The molecule has 0 radical (unpaired) electrons. The van der Waals surface area contributed by atoms with Crippen LogP contribution in [0.2, 0.25) is 0 Å². The molecular formula is C13H18F3NS. The minimum atomic E-state index is -4.13. The van der Waals surface area contributed by atoms with Gasteiger partial charge in [-0.25, -0.2) is 0 Å². The van der Waals surface area contributed by atoms with Crippen LogP contribution in [0.3, 0.4) is 0 Å². The van der Waals surface area contributed by atoms with Crippen LogP contribution in [-0.2, 0) is 0 Å². The number of nitrogens with one attached hydrogen (secondary N) is 1. The molecule has 0 heterocycles. The molecule has 0 saturated carbocycles. The summed E-state index contributed by atoms with van der Waals surface area (Å²) >= 11 is 0.0588. The summed E-state index contributed by atoms with van der Waals surface area (Å²) in [4.78, 5) is 0. The van der Waals surface area contributed by atoms with Crippen LogP contribution in [0.5, 0.6) is 0 Å². The van der Waals surface area contributed by atoms with Gasteiger partial charge < -0.3 is 5.32 Å². The van der Waals surface area contributed by atoms with Gasteiger partial charge in [0.1, 0.15) is 0 Å². The maximum atomic E-state index is 12.1. The lowest BCUT2D eigenvalue weighted by Gasteiger charge is -2.17. The van der Waals surface area contributed by atoms with E-state index in [1.807, 2.05) is 38.2 Å². The van der Waals surface area contributed by atoms with E-state index in [4.69, 9.17) is 0 Å². The molecule has 0 amide bonds. The van der Waals surface area contributed by atoms with E-state index < -0.39 is 5.51 Å². The molecule has 5 heteroatoms. The Hall–Kier alpha value is -0.680. The molecule has 102 valence electrons. The first-order valence-electron chi connectivity index (χ1n) is 5.84. The summed E-state index contributed by atoms with van der Waals surface area (Å²) in [5.74, 6) is 0.230. The molecule has 0 fully saturated rings. The predicted molar refractivity (Wildman–Crippen MR) is 71.0 cm³/mol. The zero-order chi connectivity index (χ0) is 13.6. The fourth-order valence-electron chi connectivity index (χ4n) is 1.87. The highest BCUT2D eigenvalue weighted by Gasteiger charge is 2.28. The second-order valence-corrected chi connectivity index (χ2v) is 5.41. The smallest absolute Gasteiger partial charge is 0.319 e. The molecule has 1 aromatic rings. The molecule has 0 aromatic heterocycles. The van der Waals surface area contributed by atoms with Gasteiger partial charge >= 0.3 is 5.51 Å². The predicted octanol–water partition coefficient (Wildman–Crippen LogP) is 3.94. The van der Waals surface area contributed by atoms with Crippen LogP contribution >= 0.6 is 11.8 Å². The standard InChI is InChI=1S/C13H18F3NS/c1-10-4-3-5-11(8-10)12(9-17-2)6-7-18-13(14,15)16/h3-5,8,12,17H,6-7,9H2,1-2H3. The summed E-state index contributed by atoms with van der Waals surface area (Å²) < 4.78 is 36.3. The lowest BCUT2D eigenvalue weighted by Crippen LogP contribution is -2.18. The van der Waals surface area contributed by atoms with Crippen LogP contribution in [0.1, 0.15) is 23.5 Å². The number of hydrogen-bond acceptors (Lipinski definition) is 2. The van der Waals surface area contributed by atoms with E-state index in [2.05, 4.69) is 5.32 Å². The number of rotatable bonds is 6. The summed E-state index contributed by atoms with van der Waals surface area (Å²) in [5.41, 5.74) is -1.89. The molecule has 1 N–H and O–H groups in total. The van der Waals surface area contributed by atoms with Crippen molar-refractivity contribution in [3.05, 3.63) is 35.4 Å². The maximum absolute atomic E-state index is 12.1. The molecule has 1 rings (SSSR count). The Bertz CT molecular complexity index is 365. The number of thioether (sulfide) groups is 1. The van der Waals surface area contributed by atoms with Gasteiger partial charge in [0.15, 0.2) is 0 Å². The van der Waals surface area contributed by atoms with Gasteiger partial charge in [0.05, 0.1) is 0 Å². The SMILES string of the molecule is CNCC(CCSC(F)(F)F)c1cccc(C)c1. The number of halogens is 3. The van der Waals surface area contributed by atoms with Crippen molar-refractivity contribution in [3.8, 4) is 0 Å². The molecule has 0 saturated heterocycles. The van der Waals surface area contributed by atoms with Crippen molar-refractivity contribution in [3.63, 3.8) is 0 Å². The molecule has 0 aliphatic heterocycles. The van der Waals surface area contributed by atoms with Crippen molar-refractivity contribution in [2.24, 2.45) is 0 Å². The summed E-state index contributed by atoms with van der Waals surface area (Å²) in [6, 6.07) is 7.96. The van der Waals surface area contributed by atoms with Gasteiger partial charge in [0.25, 0.3) is 0 Å². The Labute approximate surface area is 110 Å². The topological polar surface area (TPSA) is 12.0 Å². The van der Waals surface area contributed by atoms with Crippen LogP contribution < -0.4 is 5.32 Å². The van der Waals surface area contributed by atoms with Crippen LogP contribution in [0, 0.1) is 6.92 Å². The van der Waals surface area contributed by atoms with E-state index >= 15 is 0 Å². The molecule has 1 nitrogen and oxygen atoms in total. The van der Waals surface area contributed by atoms with E-state index in [9.17, 15) is 13.2 Å². The summed E-state index contributed by atoms with van der Waals surface area (Å²) in [6.45, 7) is 2.69. The van der Waals surface area contributed by atoms with Gasteiger partial charge in [0.2, 0.25) is 0 Å². The van der Waals surface area contributed by atoms with Gasteiger partial charge in [0, 0.05) is 12.3 Å². The van der Waals surface area contributed by atoms with Crippen molar-refractivity contribution in [1.29, 1.82) is 0 Å². The van der Waals surface area contributed by atoms with Crippen molar-refractivity contribution < 1.29 is 13.2 Å². The second-order valence-electron chi connectivity index (χ2n) is 4.25. The Morgan fingerprint density at radius 1 is 1.33 bits per heavy atom. The van der Waals surface area contributed by atoms with Crippen molar-refractivity contribution in [2.45, 2.75) is 24.8 Å². The zero-order valence-electron chi connectivity index (χ0n) is 10.6. The quantitative estimate of drug-likeness (QED) is 0.845. The Kier molecular flexibility index (Phi) is 6.02. The highest BCUT2D eigenvalue weighted by molar-refractivity contribution is 8.00. The lowest BCUT2D eigenvalue weighted by atomic mass is 9.95. The third-order valence-electron chi connectivity index (χ3n) is 2.70. The van der Waals surface area contributed by atoms with E-state index in [-0.39, 0.29) is 23.4 Å². The molecule has 1 unspecified atom stereocenters. The molecule has 18 heavy (non-hydrogen) atoms. The molecule has 1 atom stereocenters. The van der Waals surface area contributed by atoms with Gasteiger partial charge in [-0.1, -0.05) is 41.6 Å². The monoisotopic (exact) mass is 277 g/mol. The largest absolute Gasteiger partial charge is 0.441 e. The van der Waals surface area contributed by atoms with Gasteiger partial charge in [-0.3, -0.25) is 0 Å². The molecule has 0 bridgehead atoms. The molecule has 0 aliphatic rings. The van der Waals surface area contributed by atoms with Crippen molar-refractivity contribution in [1.82, 2.24) is 5.32 Å². The summed E-state index contributed by atoms with van der Waals surface area (Å²) in [5, 5.41) is 3.04. The Balaban J connectivity index is 2.60. The third-order valence-corrected chi connectivity index (χ3v) is 3.46. The van der Waals surface area contributed by atoms with Crippen LogP contribution in [0.15, 0.2) is 24.3 Å². The fraction of sp³-hybridized carbons (Fsp3) is 0.538. The highest BCUT2D eigenvalue weighted by atomic mass is 32.2. The van der Waals surface area contributed by atoms with E-state index in [1.165, 1.54) is 0 Å². The zero-order valence-corrected chi connectivity index (χ0v) is 11.4. The van der Waals surface area contributed by atoms with Crippen molar-refractivity contribution >= 4 is 11.8 Å². The average Bonchev–Trinajstić information content (AvgIpc) is 2.26. The molecule has 1 aromatic carbocycles. The first-order valence-corrected chi connectivity index (χ1v) is 6.83. The highest BCUT2D eigenvalue weighted by Crippen LogP contribution is 2.32. The molecule has 0 spiro atoms. The van der Waals surface area contributed by atoms with E-state index in [1.54, 1.807) is 0 Å². The fourth-order valence-corrected chi connectivity index (χ4v) is 2.51. The summed E-state index contributed by atoms with van der Waals surface area (Å²) in [7, 11) is 1.82. The normalized spacial score (nSPS) is 13.6. The number of alkyl halides is 3. The second kappa shape index (κ2) is 7.04. The number of aryl methyl sites for hydroxylation is 1. The van der Waals surface area contributed by atoms with Crippen LogP contribution in [0.25, 0.3) is 0 Å². The average molecular weight is 277 g/mol. The Morgan fingerprint density at radius 3 is 2.61 bits per heavy atom. The van der Waals surface area contributed by atoms with Gasteiger partial charge in [-0.15, -0.1) is 0 Å². The third kappa shape index (κ3) is 5.78. The first-order chi connectivity index (χ1) is 8.42. The minimum Gasteiger partial charge on any atom is -0.319 e. The lowest BCUT2D eigenvalue weighted by molar-refractivity contribution is -0.0328. The van der Waals surface area contributed by atoms with Gasteiger partial charge in [-0.2, -0.15) is 13.2 Å². The minimum absolute atomic E-state index is 0.0588. The van der Waals surface area contributed by atoms with E-state index in [0.29, 0.717) is 13.0 Å². The van der Waals surface area contributed by atoms with E-state index in [0.717, 1.165) is 11.1 Å². The number of benzene rings is 1. The summed E-state index contributed by atoms with van der Waals surface area (Å²) in [6.07, 6.45) is 0.522. The van der Waals surface area contributed by atoms with Gasteiger partial charge in [-0.05, 0) is 31.9 Å². The van der Waals surface area contributed by atoms with Crippen LogP contribution in [0.4, 0.5) is 13.2 Å². The first kappa shape index (κ1) is 15.4.